The summed E-state index contributed by atoms with van der Waals surface area (Å²) in [6, 6.07) is 0.285. The number of hydrogen-bond donors (Lipinski definition) is 2. The van der Waals surface area contributed by atoms with Crippen molar-refractivity contribution in [2.24, 2.45) is 5.92 Å². The second kappa shape index (κ2) is 5.84. The van der Waals surface area contributed by atoms with E-state index in [2.05, 4.69) is 41.0 Å². The molecule has 0 saturated heterocycles. The molecule has 1 aromatic heterocycles. The number of anilines is 2. The van der Waals surface area contributed by atoms with Crippen LogP contribution >= 0.6 is 11.6 Å². The highest BCUT2D eigenvalue weighted by Crippen LogP contribution is 2.16. The lowest BCUT2D eigenvalue weighted by Crippen LogP contribution is -2.26. The van der Waals surface area contributed by atoms with E-state index in [0.29, 0.717) is 11.9 Å². The van der Waals surface area contributed by atoms with Gasteiger partial charge in [-0.3, -0.25) is 0 Å². The molecule has 5 nitrogen and oxygen atoms in total. The molecule has 0 aliphatic heterocycles. The molecule has 1 aromatic rings. The molecular weight excluding hydrogens is 226 g/mol. The Labute approximate surface area is 101 Å². The van der Waals surface area contributed by atoms with Crippen LogP contribution in [0.1, 0.15) is 33.6 Å². The van der Waals surface area contributed by atoms with Crippen molar-refractivity contribution >= 4 is 23.5 Å². The molecule has 1 atom stereocenters. The van der Waals surface area contributed by atoms with E-state index in [-0.39, 0.29) is 17.3 Å². The molecule has 6 heteroatoms. The Hall–Kier alpha value is -1.10. The Morgan fingerprint density at radius 1 is 1.25 bits per heavy atom. The van der Waals surface area contributed by atoms with Crippen LogP contribution in [0.5, 0.6) is 0 Å². The van der Waals surface area contributed by atoms with Gasteiger partial charge in [0.2, 0.25) is 17.2 Å². The molecule has 0 amide bonds. The molecule has 90 valence electrons. The van der Waals surface area contributed by atoms with Crippen LogP contribution in [-0.2, 0) is 0 Å². The van der Waals surface area contributed by atoms with Crippen LogP contribution in [0.3, 0.4) is 0 Å². The van der Waals surface area contributed by atoms with Gasteiger partial charge in [0.1, 0.15) is 0 Å². The summed E-state index contributed by atoms with van der Waals surface area (Å²) in [6.45, 7) is 6.44. The van der Waals surface area contributed by atoms with Gasteiger partial charge in [-0.2, -0.15) is 15.0 Å². The summed E-state index contributed by atoms with van der Waals surface area (Å²) < 4.78 is 0. The Kier molecular flexibility index (Phi) is 4.73. The van der Waals surface area contributed by atoms with E-state index in [4.69, 9.17) is 17.3 Å². The van der Waals surface area contributed by atoms with E-state index in [0.717, 1.165) is 12.8 Å². The normalized spacial score (nSPS) is 12.8. The van der Waals surface area contributed by atoms with Crippen LogP contribution in [-0.4, -0.2) is 21.0 Å². The van der Waals surface area contributed by atoms with Gasteiger partial charge in [0.05, 0.1) is 0 Å². The standard InChI is InChI=1S/C10H18ClN5/c1-4-7(5-2)6(3)13-10-15-8(11)14-9(12)16-10/h6-7H,4-5H2,1-3H3,(H3,12,13,14,15,16). The summed E-state index contributed by atoms with van der Waals surface area (Å²) in [7, 11) is 0. The first kappa shape index (κ1) is 13.0. The number of hydrogen-bond acceptors (Lipinski definition) is 5. The third-order valence-electron chi connectivity index (χ3n) is 2.74. The minimum atomic E-state index is 0.117. The van der Waals surface area contributed by atoms with Gasteiger partial charge >= 0.3 is 0 Å². The van der Waals surface area contributed by atoms with E-state index in [1.54, 1.807) is 0 Å². The molecule has 0 spiro atoms. The highest BCUT2D eigenvalue weighted by atomic mass is 35.5. The summed E-state index contributed by atoms with van der Waals surface area (Å²) in [5.74, 6) is 1.16. The maximum Gasteiger partial charge on any atom is 0.229 e. The van der Waals surface area contributed by atoms with Gasteiger partial charge in [0, 0.05) is 6.04 Å². The van der Waals surface area contributed by atoms with Crippen molar-refractivity contribution < 1.29 is 0 Å². The lowest BCUT2D eigenvalue weighted by Gasteiger charge is -2.22. The SMILES string of the molecule is CCC(CC)C(C)Nc1nc(N)nc(Cl)n1. The second-order valence-corrected chi connectivity index (χ2v) is 4.13. The zero-order valence-corrected chi connectivity index (χ0v) is 10.6. The Morgan fingerprint density at radius 2 is 1.88 bits per heavy atom. The van der Waals surface area contributed by atoms with Gasteiger partial charge in [-0.25, -0.2) is 0 Å². The lowest BCUT2D eigenvalue weighted by atomic mass is 9.96. The van der Waals surface area contributed by atoms with Gasteiger partial charge in [-0.15, -0.1) is 0 Å². The summed E-state index contributed by atoms with van der Waals surface area (Å²) >= 11 is 5.70. The number of nitrogens with one attached hydrogen (secondary N) is 1. The molecule has 1 unspecified atom stereocenters. The summed E-state index contributed by atoms with van der Waals surface area (Å²) in [5.41, 5.74) is 5.49. The average Bonchev–Trinajstić information content (AvgIpc) is 2.17. The number of nitrogens with zero attached hydrogens (tertiary/aromatic N) is 3. The van der Waals surface area contributed by atoms with E-state index in [9.17, 15) is 0 Å². The lowest BCUT2D eigenvalue weighted by molar-refractivity contribution is 0.436. The maximum absolute atomic E-state index is 5.70. The van der Waals surface area contributed by atoms with Crippen molar-refractivity contribution in [1.82, 2.24) is 15.0 Å². The van der Waals surface area contributed by atoms with Gasteiger partial charge in [-0.05, 0) is 24.4 Å². The van der Waals surface area contributed by atoms with E-state index < -0.39 is 0 Å². The van der Waals surface area contributed by atoms with Crippen LogP contribution in [0.2, 0.25) is 5.28 Å². The molecule has 0 radical (unpaired) electrons. The highest BCUT2D eigenvalue weighted by molar-refractivity contribution is 6.28. The van der Waals surface area contributed by atoms with E-state index in [1.807, 2.05) is 0 Å². The molecule has 1 rings (SSSR count). The first-order valence-corrected chi connectivity index (χ1v) is 5.88. The molecule has 0 fully saturated rings. The van der Waals surface area contributed by atoms with Crippen molar-refractivity contribution in [3.63, 3.8) is 0 Å². The third-order valence-corrected chi connectivity index (χ3v) is 2.91. The molecule has 0 aliphatic carbocycles. The van der Waals surface area contributed by atoms with E-state index in [1.165, 1.54) is 0 Å². The fraction of sp³-hybridized carbons (Fsp3) is 0.700. The van der Waals surface area contributed by atoms with Crippen LogP contribution < -0.4 is 11.1 Å². The van der Waals surface area contributed by atoms with Crippen molar-refractivity contribution in [3.05, 3.63) is 5.28 Å². The van der Waals surface area contributed by atoms with Crippen molar-refractivity contribution in [1.29, 1.82) is 0 Å². The van der Waals surface area contributed by atoms with Crippen LogP contribution in [0, 0.1) is 5.92 Å². The maximum atomic E-state index is 5.70. The monoisotopic (exact) mass is 243 g/mol. The molecule has 3 N–H and O–H groups in total. The number of nitrogens with two attached hydrogens (primary N) is 1. The summed E-state index contributed by atoms with van der Waals surface area (Å²) in [5, 5.41) is 3.32. The molecule has 0 aromatic carbocycles. The largest absolute Gasteiger partial charge is 0.368 e. The van der Waals surface area contributed by atoms with Crippen LogP contribution in [0.25, 0.3) is 0 Å². The number of aromatic nitrogens is 3. The van der Waals surface area contributed by atoms with Crippen LogP contribution in [0.4, 0.5) is 11.9 Å². The minimum absolute atomic E-state index is 0.117. The Balaban J connectivity index is 2.72. The fourth-order valence-corrected chi connectivity index (χ4v) is 1.91. The Morgan fingerprint density at radius 3 is 2.38 bits per heavy atom. The topological polar surface area (TPSA) is 76.7 Å². The highest BCUT2D eigenvalue weighted by Gasteiger charge is 2.14. The van der Waals surface area contributed by atoms with Gasteiger partial charge in [0.15, 0.2) is 0 Å². The van der Waals surface area contributed by atoms with Crippen molar-refractivity contribution in [2.45, 2.75) is 39.7 Å². The zero-order chi connectivity index (χ0) is 12.1. The van der Waals surface area contributed by atoms with Gasteiger partial charge < -0.3 is 11.1 Å². The quantitative estimate of drug-likeness (QED) is 0.830. The molecule has 0 aliphatic rings. The first-order chi connectivity index (χ1) is 7.56. The molecule has 1 heterocycles. The smallest absolute Gasteiger partial charge is 0.229 e. The predicted octanol–water partition coefficient (Wildman–Crippen LogP) is 2.34. The summed E-state index contributed by atoms with van der Waals surface area (Å²) in [4.78, 5) is 11.7. The predicted molar refractivity (Wildman–Crippen MR) is 66.4 cm³/mol. The molecule has 0 saturated carbocycles. The fourth-order valence-electron chi connectivity index (χ4n) is 1.75. The number of halogens is 1. The molecule has 16 heavy (non-hydrogen) atoms. The number of nitrogen functional groups attached to an aromatic ring is 1. The van der Waals surface area contributed by atoms with Crippen molar-refractivity contribution in [3.8, 4) is 0 Å². The van der Waals surface area contributed by atoms with E-state index >= 15 is 0 Å². The molecule has 0 bridgehead atoms. The zero-order valence-electron chi connectivity index (χ0n) is 9.87. The first-order valence-electron chi connectivity index (χ1n) is 5.50. The van der Waals surface area contributed by atoms with Crippen molar-refractivity contribution in [2.75, 3.05) is 11.1 Å². The third kappa shape index (κ3) is 3.48. The summed E-state index contributed by atoms with van der Waals surface area (Å²) in [6.07, 6.45) is 2.22. The van der Waals surface area contributed by atoms with Crippen LogP contribution in [0.15, 0.2) is 0 Å². The number of rotatable bonds is 5. The molecular formula is C10H18ClN5. The van der Waals surface area contributed by atoms with Gasteiger partial charge in [0.25, 0.3) is 0 Å². The average molecular weight is 244 g/mol. The second-order valence-electron chi connectivity index (χ2n) is 3.80. The Bertz CT molecular complexity index is 320. The van der Waals surface area contributed by atoms with Gasteiger partial charge in [-0.1, -0.05) is 26.7 Å². The minimum Gasteiger partial charge on any atom is -0.368 e.